The Hall–Kier alpha value is -4.94. The number of benzene rings is 1. The van der Waals surface area contributed by atoms with Crippen LogP contribution in [0.5, 0.6) is 0 Å². The van der Waals surface area contributed by atoms with Crippen LogP contribution in [0.1, 0.15) is 11.6 Å². The lowest BCUT2D eigenvalue weighted by molar-refractivity contribution is -0.199. The van der Waals surface area contributed by atoms with Gasteiger partial charge in [-0.2, -0.15) is 0 Å². The topological polar surface area (TPSA) is 140 Å². The van der Waals surface area contributed by atoms with Gasteiger partial charge in [-0.3, -0.25) is 9.78 Å². The normalized spacial score (nSPS) is 16.8. The third kappa shape index (κ3) is 6.45. The lowest BCUT2D eigenvalue weighted by Crippen LogP contribution is -2.39. The molecule has 1 aromatic carbocycles. The second kappa shape index (κ2) is 12.1. The maximum Gasteiger partial charge on any atom is 0.232 e. The molecule has 5 heterocycles. The Morgan fingerprint density at radius 3 is 2.56 bits per heavy atom. The van der Waals surface area contributed by atoms with Gasteiger partial charge in [0, 0.05) is 29.8 Å². The predicted molar refractivity (Wildman–Crippen MR) is 147 cm³/mol. The number of hydrogen-bond donors (Lipinski definition) is 3. The zero-order valence-corrected chi connectivity index (χ0v) is 21.8. The number of imidazole rings is 1. The zero-order chi connectivity index (χ0) is 28.0. The highest BCUT2D eigenvalue weighted by Crippen LogP contribution is 2.30. The molecule has 0 spiro atoms. The molecule has 1 amide bonds. The van der Waals surface area contributed by atoms with Gasteiger partial charge < -0.3 is 29.5 Å². The molecule has 1 aliphatic heterocycles. The van der Waals surface area contributed by atoms with E-state index in [9.17, 15) is 9.18 Å². The molecule has 3 N–H and O–H groups in total. The van der Waals surface area contributed by atoms with Gasteiger partial charge in [0.15, 0.2) is 6.29 Å². The van der Waals surface area contributed by atoms with Crippen molar-refractivity contribution in [3.63, 3.8) is 0 Å². The van der Waals surface area contributed by atoms with Gasteiger partial charge in [-0.05, 0) is 54.6 Å². The molecule has 5 aromatic rings. The van der Waals surface area contributed by atoms with Crippen LogP contribution in [0.15, 0.2) is 83.9 Å². The number of nitrogens with one attached hydrogen (secondary N) is 3. The van der Waals surface area contributed by atoms with Gasteiger partial charge in [0.1, 0.15) is 17.4 Å². The summed E-state index contributed by atoms with van der Waals surface area (Å²) in [5, 5.41) is 5.99. The van der Waals surface area contributed by atoms with Crippen LogP contribution in [0, 0.1) is 11.7 Å². The lowest BCUT2D eigenvalue weighted by Gasteiger charge is -2.28. The van der Waals surface area contributed by atoms with Crippen molar-refractivity contribution in [1.29, 1.82) is 0 Å². The predicted octanol–water partition coefficient (Wildman–Crippen LogP) is 4.44. The van der Waals surface area contributed by atoms with Crippen LogP contribution in [0.3, 0.4) is 0 Å². The third-order valence-electron chi connectivity index (χ3n) is 6.43. The van der Waals surface area contributed by atoms with Gasteiger partial charge in [0.05, 0.1) is 55.4 Å². The molecule has 11 nitrogen and oxygen atoms in total. The van der Waals surface area contributed by atoms with Crippen molar-refractivity contribution in [2.45, 2.75) is 19.3 Å². The van der Waals surface area contributed by atoms with Crippen molar-refractivity contribution < 1.29 is 23.1 Å². The fourth-order valence-corrected chi connectivity index (χ4v) is 4.33. The van der Waals surface area contributed by atoms with E-state index in [0.29, 0.717) is 53.1 Å². The number of aromatic nitrogens is 5. The molecule has 0 bridgehead atoms. The Morgan fingerprint density at radius 1 is 1.00 bits per heavy atom. The second-order valence-corrected chi connectivity index (χ2v) is 9.33. The molecule has 0 saturated carbocycles. The SMILES string of the molecule is O=C(Nc1ccncc1)C1COC(Cc2nc(-c3ccc(F)cc3)c(-c3ccnc(NCc4ccco4)n3)[nH]2)OC1. The largest absolute Gasteiger partial charge is 0.467 e. The monoisotopic (exact) mass is 555 g/mol. The Morgan fingerprint density at radius 2 is 1.80 bits per heavy atom. The number of ether oxygens (including phenoxy) is 2. The van der Waals surface area contributed by atoms with E-state index in [1.165, 1.54) is 12.1 Å². The van der Waals surface area contributed by atoms with Gasteiger partial charge in [-0.15, -0.1) is 0 Å². The summed E-state index contributed by atoms with van der Waals surface area (Å²) in [7, 11) is 0. The fraction of sp³-hybridized carbons (Fsp3) is 0.207. The molecule has 0 atom stereocenters. The summed E-state index contributed by atoms with van der Waals surface area (Å²) >= 11 is 0. The summed E-state index contributed by atoms with van der Waals surface area (Å²) in [5.74, 6) is 0.773. The van der Waals surface area contributed by atoms with Crippen LogP contribution in [0.25, 0.3) is 22.6 Å². The molecule has 208 valence electrons. The van der Waals surface area contributed by atoms with Crippen LogP contribution >= 0.6 is 0 Å². The number of furan rings is 1. The number of halogens is 1. The van der Waals surface area contributed by atoms with Gasteiger partial charge in [0.2, 0.25) is 11.9 Å². The van der Waals surface area contributed by atoms with Crippen molar-refractivity contribution >= 4 is 17.5 Å². The highest BCUT2D eigenvalue weighted by atomic mass is 19.1. The summed E-state index contributed by atoms with van der Waals surface area (Å²) in [6.07, 6.45) is 6.17. The summed E-state index contributed by atoms with van der Waals surface area (Å²) in [6, 6.07) is 15.0. The van der Waals surface area contributed by atoms with Gasteiger partial charge in [0.25, 0.3) is 0 Å². The second-order valence-electron chi connectivity index (χ2n) is 9.33. The fourth-order valence-electron chi connectivity index (χ4n) is 4.33. The third-order valence-corrected chi connectivity index (χ3v) is 6.43. The molecule has 1 saturated heterocycles. The van der Waals surface area contributed by atoms with E-state index in [4.69, 9.17) is 18.9 Å². The van der Waals surface area contributed by atoms with Gasteiger partial charge in [-0.1, -0.05) is 0 Å². The maximum atomic E-state index is 13.7. The Kier molecular flexibility index (Phi) is 7.74. The zero-order valence-electron chi connectivity index (χ0n) is 21.8. The van der Waals surface area contributed by atoms with Crippen LogP contribution in [-0.2, 0) is 27.2 Å². The summed E-state index contributed by atoms with van der Waals surface area (Å²) in [5.41, 5.74) is 3.21. The smallest absolute Gasteiger partial charge is 0.232 e. The van der Waals surface area contributed by atoms with E-state index in [1.54, 1.807) is 55.2 Å². The summed E-state index contributed by atoms with van der Waals surface area (Å²) in [4.78, 5) is 33.6. The quantitative estimate of drug-likeness (QED) is 0.241. The molecule has 0 aliphatic carbocycles. The molecule has 12 heteroatoms. The van der Waals surface area contributed by atoms with Gasteiger partial charge >= 0.3 is 0 Å². The molecule has 0 radical (unpaired) electrons. The number of nitrogens with zero attached hydrogens (tertiary/aromatic N) is 4. The van der Waals surface area contributed by atoms with Crippen LogP contribution in [-0.4, -0.2) is 50.3 Å². The summed E-state index contributed by atoms with van der Waals surface area (Å²) < 4.78 is 30.8. The first-order chi connectivity index (χ1) is 20.1. The number of carbonyl (C=O) groups is 1. The van der Waals surface area contributed by atoms with E-state index < -0.39 is 12.2 Å². The highest BCUT2D eigenvalue weighted by Gasteiger charge is 2.29. The standard InChI is InChI=1S/C29H26FN7O4/c30-20-5-3-18(4-6-20)26-27(23-9-12-32-29(35-23)33-15-22-2-1-13-39-22)37-24(36-26)14-25-40-16-19(17-41-25)28(38)34-21-7-10-31-11-8-21/h1-13,19,25H,14-17H2,(H,36,37)(H,31,34,38)(H,32,33,35). The number of anilines is 2. The van der Waals surface area contributed by atoms with Crippen molar-refractivity contribution in [3.8, 4) is 22.6 Å². The van der Waals surface area contributed by atoms with E-state index >= 15 is 0 Å². The van der Waals surface area contributed by atoms with E-state index in [-0.39, 0.29) is 24.9 Å². The molecule has 6 rings (SSSR count). The Labute approximate surface area is 234 Å². The average molecular weight is 556 g/mol. The summed E-state index contributed by atoms with van der Waals surface area (Å²) in [6.45, 7) is 0.834. The first-order valence-corrected chi connectivity index (χ1v) is 13.0. The number of aromatic amines is 1. The Bertz CT molecular complexity index is 1590. The van der Waals surface area contributed by atoms with Crippen molar-refractivity contribution in [1.82, 2.24) is 24.9 Å². The molecule has 41 heavy (non-hydrogen) atoms. The van der Waals surface area contributed by atoms with Crippen LogP contribution < -0.4 is 10.6 Å². The molecular formula is C29H26FN7O4. The minimum absolute atomic E-state index is 0.186. The van der Waals surface area contributed by atoms with Gasteiger partial charge in [-0.25, -0.2) is 19.3 Å². The number of amides is 1. The minimum Gasteiger partial charge on any atom is -0.467 e. The van der Waals surface area contributed by atoms with E-state index in [0.717, 1.165) is 5.76 Å². The minimum atomic E-state index is -0.601. The first kappa shape index (κ1) is 26.3. The van der Waals surface area contributed by atoms with E-state index in [2.05, 4.69) is 30.6 Å². The maximum absolute atomic E-state index is 13.7. The van der Waals surface area contributed by atoms with E-state index in [1.807, 2.05) is 12.1 Å². The number of H-pyrrole nitrogens is 1. The number of carbonyl (C=O) groups excluding carboxylic acids is 1. The first-order valence-electron chi connectivity index (χ1n) is 13.0. The number of hydrogen-bond acceptors (Lipinski definition) is 9. The Balaban J connectivity index is 1.17. The number of pyridine rings is 1. The molecule has 1 aliphatic rings. The molecule has 0 unspecified atom stereocenters. The van der Waals surface area contributed by atoms with Crippen LogP contribution in [0.2, 0.25) is 0 Å². The highest BCUT2D eigenvalue weighted by molar-refractivity contribution is 5.92. The number of rotatable bonds is 9. The van der Waals surface area contributed by atoms with Crippen molar-refractivity contribution in [3.05, 3.63) is 96.9 Å². The van der Waals surface area contributed by atoms with Crippen molar-refractivity contribution in [2.24, 2.45) is 5.92 Å². The van der Waals surface area contributed by atoms with Crippen LogP contribution in [0.4, 0.5) is 16.0 Å². The molecule has 4 aromatic heterocycles. The lowest BCUT2D eigenvalue weighted by atomic mass is 10.1. The molecule has 1 fully saturated rings. The molecular weight excluding hydrogens is 529 g/mol. The average Bonchev–Trinajstić information content (AvgIpc) is 3.68. The van der Waals surface area contributed by atoms with Crippen molar-refractivity contribution in [2.75, 3.05) is 23.8 Å².